The topological polar surface area (TPSA) is 153 Å². The fourth-order valence-corrected chi connectivity index (χ4v) is 9.75. The molecule has 0 radical (unpaired) electrons. The molecular formula is C49H41Cl2N3O9S. The van der Waals surface area contributed by atoms with Gasteiger partial charge in [0, 0.05) is 13.0 Å². The van der Waals surface area contributed by atoms with Crippen molar-refractivity contribution in [3.05, 3.63) is 171 Å². The van der Waals surface area contributed by atoms with Crippen molar-refractivity contribution in [2.75, 3.05) is 20.8 Å². The summed E-state index contributed by atoms with van der Waals surface area (Å²) in [7, 11) is -1.78. The van der Waals surface area contributed by atoms with E-state index >= 15 is 0 Å². The van der Waals surface area contributed by atoms with Gasteiger partial charge in [0.1, 0.15) is 41.7 Å². The minimum atomic E-state index is -4.39. The number of hydrogen-bond donors (Lipinski definition) is 1. The van der Waals surface area contributed by atoms with Crippen LogP contribution >= 0.6 is 23.2 Å². The Morgan fingerprint density at radius 2 is 1.53 bits per heavy atom. The minimum absolute atomic E-state index is 0.0352. The second-order valence-electron chi connectivity index (χ2n) is 15.2. The highest BCUT2D eigenvalue weighted by molar-refractivity contribution is 7.89. The van der Waals surface area contributed by atoms with Crippen LogP contribution in [0, 0.1) is 11.3 Å². The molecule has 15 heteroatoms. The van der Waals surface area contributed by atoms with E-state index in [1.165, 1.54) is 26.4 Å². The van der Waals surface area contributed by atoms with E-state index in [-0.39, 0.29) is 36.6 Å². The summed E-state index contributed by atoms with van der Waals surface area (Å²) in [6.45, 7) is 0.301. The van der Waals surface area contributed by atoms with Crippen molar-refractivity contribution in [3.63, 3.8) is 0 Å². The Balaban J connectivity index is 1.03. The van der Waals surface area contributed by atoms with Crippen molar-refractivity contribution in [3.8, 4) is 40.2 Å². The van der Waals surface area contributed by atoms with Gasteiger partial charge in [-0.1, -0.05) is 89.9 Å². The average Bonchev–Trinajstić information content (AvgIpc) is 3.33. The van der Waals surface area contributed by atoms with Crippen LogP contribution in [0.3, 0.4) is 0 Å². The van der Waals surface area contributed by atoms with Crippen molar-refractivity contribution >= 4 is 45.1 Å². The first-order valence-corrected chi connectivity index (χ1v) is 22.4. The number of nitrogens with one attached hydrogen (secondary N) is 1. The largest absolute Gasteiger partial charge is 0.495 e. The summed E-state index contributed by atoms with van der Waals surface area (Å²) in [6.07, 6.45) is -0.442. The third-order valence-corrected chi connectivity index (χ3v) is 13.8. The van der Waals surface area contributed by atoms with Gasteiger partial charge in [-0.15, -0.1) is 0 Å². The zero-order valence-corrected chi connectivity index (χ0v) is 37.0. The smallest absolute Gasteiger partial charge is 0.328 e. The van der Waals surface area contributed by atoms with Gasteiger partial charge in [-0.05, 0) is 106 Å². The number of methoxy groups -OCH3 is 2. The normalized spacial score (nSPS) is 16.1. The van der Waals surface area contributed by atoms with Gasteiger partial charge in [-0.3, -0.25) is 4.79 Å². The predicted octanol–water partition coefficient (Wildman–Crippen LogP) is 8.65. The fourth-order valence-electron chi connectivity index (χ4n) is 7.71. The van der Waals surface area contributed by atoms with E-state index in [2.05, 4.69) is 11.4 Å². The number of nitrogens with zero attached hydrogens (tertiary/aromatic N) is 2. The van der Waals surface area contributed by atoms with Crippen molar-refractivity contribution in [1.82, 2.24) is 9.62 Å². The molecule has 326 valence electrons. The second-order valence-corrected chi connectivity index (χ2v) is 17.9. The molecule has 0 saturated heterocycles. The van der Waals surface area contributed by atoms with Gasteiger partial charge >= 0.3 is 5.97 Å². The minimum Gasteiger partial charge on any atom is -0.495 e. The lowest BCUT2D eigenvalue weighted by molar-refractivity contribution is -0.145. The number of halogens is 2. The third kappa shape index (κ3) is 9.51. The molecule has 3 atom stereocenters. The lowest BCUT2D eigenvalue weighted by atomic mass is 9.93. The highest BCUT2D eigenvalue weighted by Gasteiger charge is 2.43. The van der Waals surface area contributed by atoms with Crippen LogP contribution in [0.5, 0.6) is 23.0 Å². The van der Waals surface area contributed by atoms with E-state index in [1.54, 1.807) is 48.5 Å². The molecule has 2 aliphatic rings. The Hall–Kier alpha value is -6.56. The number of carbonyl (C=O) groups is 2. The summed E-state index contributed by atoms with van der Waals surface area (Å²) in [4.78, 5) is 27.6. The zero-order chi connectivity index (χ0) is 45.0. The van der Waals surface area contributed by atoms with E-state index in [9.17, 15) is 18.0 Å². The number of sulfonamides is 1. The van der Waals surface area contributed by atoms with E-state index < -0.39 is 40.1 Å². The average molecular weight is 919 g/mol. The van der Waals surface area contributed by atoms with E-state index in [4.69, 9.17) is 52.1 Å². The van der Waals surface area contributed by atoms with Crippen molar-refractivity contribution in [2.24, 2.45) is 0 Å². The van der Waals surface area contributed by atoms with Crippen LogP contribution < -0.4 is 24.3 Å². The monoisotopic (exact) mass is 917 g/mol. The standard InChI is InChI=1S/C49H41Cl2N3O9S/c1-59-43-5-3-4-6-47(43)64(57,58)54-27-37-25-45-44(62-29-46(63-45)35-16-18-38(19-17-35)61-28-32-11-20-39(50)40(51)21-32)24-36(37)23-42(54)48(55)53-41(49(56)60-2)22-30-7-12-33(13-8-30)34-14-9-31(26-52)10-15-34/h3-21,24-25,41-42,46H,22-23,27-29H2,1-2H3,(H,53,55)/t41-,42?,46+/m0/s1. The van der Waals surface area contributed by atoms with Crippen LogP contribution in [0.4, 0.5) is 0 Å². The van der Waals surface area contributed by atoms with Crippen molar-refractivity contribution < 1.29 is 41.7 Å². The van der Waals surface area contributed by atoms with Gasteiger partial charge in [0.15, 0.2) is 17.6 Å². The summed E-state index contributed by atoms with van der Waals surface area (Å²) < 4.78 is 59.6. The first-order chi connectivity index (χ1) is 30.9. The van der Waals surface area contributed by atoms with E-state index in [0.717, 1.165) is 32.1 Å². The molecular weight excluding hydrogens is 878 g/mol. The first-order valence-electron chi connectivity index (χ1n) is 20.2. The summed E-state index contributed by atoms with van der Waals surface area (Å²) >= 11 is 12.2. The number of rotatable bonds is 13. The van der Waals surface area contributed by atoms with Gasteiger partial charge in [0.05, 0.1) is 35.9 Å². The van der Waals surface area contributed by atoms with E-state index in [0.29, 0.717) is 50.6 Å². The number of nitriles is 1. The Kier molecular flexibility index (Phi) is 13.1. The molecule has 6 aromatic rings. The number of fused-ring (bicyclic) bond motifs is 2. The third-order valence-electron chi connectivity index (χ3n) is 11.2. The van der Waals surface area contributed by atoms with Gasteiger partial charge in [0.2, 0.25) is 15.9 Å². The summed E-state index contributed by atoms with van der Waals surface area (Å²) in [5.74, 6) is 0.244. The number of para-hydroxylation sites is 1. The second kappa shape index (κ2) is 19.0. The fraction of sp³-hybridized carbons (Fsp3) is 0.204. The van der Waals surface area contributed by atoms with Gasteiger partial charge in [-0.25, -0.2) is 13.2 Å². The summed E-state index contributed by atoms with van der Waals surface area (Å²) in [6, 6.07) is 36.8. The van der Waals surface area contributed by atoms with Crippen LogP contribution in [-0.2, 0) is 50.3 Å². The van der Waals surface area contributed by atoms with Crippen LogP contribution in [0.25, 0.3) is 11.1 Å². The quantitative estimate of drug-likeness (QED) is 0.111. The van der Waals surface area contributed by atoms with Crippen molar-refractivity contribution in [1.29, 1.82) is 5.26 Å². The van der Waals surface area contributed by atoms with Crippen LogP contribution in [0.15, 0.2) is 132 Å². The lowest BCUT2D eigenvalue weighted by Gasteiger charge is -2.37. The Labute approximate surface area is 380 Å². The molecule has 1 N–H and O–H groups in total. The van der Waals surface area contributed by atoms with Crippen molar-refractivity contribution in [2.45, 2.75) is 49.1 Å². The first kappa shape index (κ1) is 44.1. The maximum atomic E-state index is 14.6. The van der Waals surface area contributed by atoms with Gasteiger partial charge in [0.25, 0.3) is 0 Å². The molecule has 0 saturated carbocycles. The van der Waals surface area contributed by atoms with Crippen LogP contribution in [-0.4, -0.2) is 57.5 Å². The zero-order valence-electron chi connectivity index (χ0n) is 34.6. The van der Waals surface area contributed by atoms with E-state index in [1.807, 2.05) is 66.7 Å². The summed E-state index contributed by atoms with van der Waals surface area (Å²) in [5, 5.41) is 12.9. The van der Waals surface area contributed by atoms with Crippen LogP contribution in [0.1, 0.15) is 39.5 Å². The molecule has 0 aliphatic carbocycles. The number of benzene rings is 6. The van der Waals surface area contributed by atoms with Crippen LogP contribution in [0.2, 0.25) is 10.0 Å². The number of amides is 1. The molecule has 64 heavy (non-hydrogen) atoms. The van der Waals surface area contributed by atoms with Gasteiger partial charge < -0.3 is 29.0 Å². The highest BCUT2D eigenvalue weighted by atomic mass is 35.5. The number of esters is 1. The summed E-state index contributed by atoms with van der Waals surface area (Å²) in [5.41, 5.74) is 6.09. The Bertz CT molecular complexity index is 2850. The maximum Gasteiger partial charge on any atom is 0.328 e. The molecule has 2 heterocycles. The molecule has 0 bridgehead atoms. The predicted molar refractivity (Wildman–Crippen MR) is 240 cm³/mol. The number of ether oxygens (including phenoxy) is 5. The molecule has 12 nitrogen and oxygen atoms in total. The highest BCUT2D eigenvalue weighted by Crippen LogP contribution is 2.42. The molecule has 1 amide bonds. The maximum absolute atomic E-state index is 14.6. The molecule has 2 aliphatic heterocycles. The molecule has 8 rings (SSSR count). The molecule has 6 aromatic carbocycles. The molecule has 1 unspecified atom stereocenters. The number of hydrogen-bond acceptors (Lipinski definition) is 10. The molecule has 0 fully saturated rings. The number of carbonyl (C=O) groups excluding carboxylic acids is 2. The Morgan fingerprint density at radius 3 is 2.22 bits per heavy atom. The SMILES string of the molecule is COC(=O)[C@H](Cc1ccc(-c2ccc(C#N)cc2)cc1)NC(=O)C1Cc2cc3c(cc2CN1S(=O)(=O)c1ccccc1OC)O[C@@H](c1ccc(OCc2ccc(Cl)c(Cl)c2)cc1)CO3. The molecule has 0 spiro atoms. The van der Waals surface area contributed by atoms with Gasteiger partial charge in [-0.2, -0.15) is 9.57 Å². The molecule has 0 aromatic heterocycles. The lowest BCUT2D eigenvalue weighted by Crippen LogP contribution is -2.56. The Morgan fingerprint density at radius 1 is 0.844 bits per heavy atom.